The number of rotatable bonds is 5. The topological polar surface area (TPSA) is 38.5 Å². The van der Waals surface area contributed by atoms with Crippen molar-refractivity contribution >= 4 is 0 Å². The Morgan fingerprint density at radius 2 is 2.00 bits per heavy atom. The summed E-state index contributed by atoms with van der Waals surface area (Å²) >= 11 is 0. The van der Waals surface area contributed by atoms with Crippen LogP contribution in [0, 0.1) is 5.92 Å². The maximum absolute atomic E-state index is 6.35. The predicted molar refractivity (Wildman–Crippen MR) is 84.0 cm³/mol. The van der Waals surface area contributed by atoms with E-state index in [2.05, 4.69) is 31.0 Å². The summed E-state index contributed by atoms with van der Waals surface area (Å²) in [6.45, 7) is 3.28. The van der Waals surface area contributed by atoms with Gasteiger partial charge in [0.2, 0.25) is 0 Å². The van der Waals surface area contributed by atoms with E-state index >= 15 is 0 Å². The van der Waals surface area contributed by atoms with Crippen molar-refractivity contribution in [1.82, 2.24) is 4.90 Å². The normalized spacial score (nSPS) is 24.6. The van der Waals surface area contributed by atoms with E-state index in [-0.39, 0.29) is 6.04 Å². The fourth-order valence-corrected chi connectivity index (χ4v) is 3.22. The molecule has 0 aliphatic heterocycles. The van der Waals surface area contributed by atoms with E-state index in [4.69, 9.17) is 10.5 Å². The van der Waals surface area contributed by atoms with Gasteiger partial charge in [-0.25, -0.2) is 0 Å². The van der Waals surface area contributed by atoms with Crippen LogP contribution >= 0.6 is 0 Å². The van der Waals surface area contributed by atoms with Crippen LogP contribution in [0.3, 0.4) is 0 Å². The SMILES string of the molecule is COc1ccc(C(N)CN(C)C2CCCC(C)C2)cc1. The van der Waals surface area contributed by atoms with Crippen molar-refractivity contribution in [3.8, 4) is 5.75 Å². The third-order valence-electron chi connectivity index (χ3n) is 4.56. The lowest BCUT2D eigenvalue weighted by Crippen LogP contribution is -2.39. The summed E-state index contributed by atoms with van der Waals surface area (Å²) < 4.78 is 5.19. The molecule has 1 saturated carbocycles. The molecule has 1 fully saturated rings. The van der Waals surface area contributed by atoms with Gasteiger partial charge in [0, 0.05) is 18.6 Å². The minimum absolute atomic E-state index is 0.0724. The van der Waals surface area contributed by atoms with Gasteiger partial charge in [0.15, 0.2) is 0 Å². The third kappa shape index (κ3) is 3.97. The lowest BCUT2D eigenvalue weighted by atomic mass is 9.86. The maximum Gasteiger partial charge on any atom is 0.118 e. The molecular formula is C17H28N2O. The molecule has 0 spiro atoms. The molecular weight excluding hydrogens is 248 g/mol. The molecule has 3 unspecified atom stereocenters. The van der Waals surface area contributed by atoms with Crippen LogP contribution in [0.25, 0.3) is 0 Å². The molecule has 0 bridgehead atoms. The Bertz CT molecular complexity index is 404. The summed E-state index contributed by atoms with van der Waals surface area (Å²) in [7, 11) is 3.90. The van der Waals surface area contributed by atoms with E-state index in [1.165, 1.54) is 31.2 Å². The van der Waals surface area contributed by atoms with Gasteiger partial charge in [0.25, 0.3) is 0 Å². The summed E-state index contributed by atoms with van der Waals surface area (Å²) in [6.07, 6.45) is 5.37. The van der Waals surface area contributed by atoms with Crippen molar-refractivity contribution < 1.29 is 4.74 Å². The molecule has 1 aromatic rings. The molecule has 2 rings (SSSR count). The molecule has 0 radical (unpaired) electrons. The second-order valence-corrected chi connectivity index (χ2v) is 6.24. The number of likely N-dealkylation sites (N-methyl/N-ethyl adjacent to an activating group) is 1. The van der Waals surface area contributed by atoms with E-state index in [0.717, 1.165) is 18.2 Å². The van der Waals surface area contributed by atoms with Crippen molar-refractivity contribution in [3.63, 3.8) is 0 Å². The summed E-state index contributed by atoms with van der Waals surface area (Å²) in [6, 6.07) is 8.88. The molecule has 0 amide bonds. The van der Waals surface area contributed by atoms with Crippen LogP contribution in [0.2, 0.25) is 0 Å². The molecule has 0 aromatic heterocycles. The van der Waals surface area contributed by atoms with Gasteiger partial charge in [0.05, 0.1) is 7.11 Å². The summed E-state index contributed by atoms with van der Waals surface area (Å²) in [5, 5.41) is 0. The highest BCUT2D eigenvalue weighted by atomic mass is 16.5. The number of nitrogens with two attached hydrogens (primary N) is 1. The number of hydrogen-bond acceptors (Lipinski definition) is 3. The van der Waals surface area contributed by atoms with E-state index in [1.54, 1.807) is 7.11 Å². The Hall–Kier alpha value is -1.06. The van der Waals surface area contributed by atoms with Crippen LogP contribution in [-0.2, 0) is 0 Å². The number of ether oxygens (including phenoxy) is 1. The number of nitrogens with zero attached hydrogens (tertiary/aromatic N) is 1. The van der Waals surface area contributed by atoms with Gasteiger partial charge in [-0.05, 0) is 43.5 Å². The summed E-state index contributed by atoms with van der Waals surface area (Å²) in [5.41, 5.74) is 7.53. The van der Waals surface area contributed by atoms with E-state index in [0.29, 0.717) is 6.04 Å². The van der Waals surface area contributed by atoms with Gasteiger partial charge in [-0.1, -0.05) is 31.9 Å². The zero-order valence-corrected chi connectivity index (χ0v) is 13.0. The molecule has 1 aromatic carbocycles. The van der Waals surface area contributed by atoms with Crippen LogP contribution < -0.4 is 10.5 Å². The molecule has 0 heterocycles. The van der Waals surface area contributed by atoms with Gasteiger partial charge in [-0.3, -0.25) is 0 Å². The average molecular weight is 276 g/mol. The molecule has 3 heteroatoms. The van der Waals surface area contributed by atoms with Crippen LogP contribution in [0.5, 0.6) is 5.75 Å². The van der Waals surface area contributed by atoms with Gasteiger partial charge in [-0.15, -0.1) is 0 Å². The van der Waals surface area contributed by atoms with Gasteiger partial charge < -0.3 is 15.4 Å². The maximum atomic E-state index is 6.35. The Balaban J connectivity index is 1.90. The standard InChI is InChI=1S/C17H28N2O/c1-13-5-4-6-15(11-13)19(2)12-17(18)14-7-9-16(20-3)10-8-14/h7-10,13,15,17H,4-6,11-12,18H2,1-3H3. The predicted octanol–water partition coefficient (Wildman–Crippen LogP) is 3.21. The Morgan fingerprint density at radius 1 is 1.30 bits per heavy atom. The van der Waals surface area contributed by atoms with Crippen LogP contribution in [0.1, 0.15) is 44.2 Å². The van der Waals surface area contributed by atoms with E-state index < -0.39 is 0 Å². The minimum Gasteiger partial charge on any atom is -0.497 e. The molecule has 3 atom stereocenters. The molecule has 112 valence electrons. The Kier molecular flexibility index (Phi) is 5.44. The van der Waals surface area contributed by atoms with Crippen molar-refractivity contribution in [2.75, 3.05) is 20.7 Å². The van der Waals surface area contributed by atoms with Crippen molar-refractivity contribution in [2.45, 2.75) is 44.7 Å². The number of hydrogen-bond donors (Lipinski definition) is 1. The quantitative estimate of drug-likeness (QED) is 0.897. The van der Waals surface area contributed by atoms with Gasteiger partial charge in [-0.2, -0.15) is 0 Å². The summed E-state index contributed by atoms with van der Waals surface area (Å²) in [4.78, 5) is 2.45. The molecule has 3 nitrogen and oxygen atoms in total. The second kappa shape index (κ2) is 7.09. The van der Waals surface area contributed by atoms with Crippen LogP contribution in [-0.4, -0.2) is 31.6 Å². The molecule has 1 aliphatic carbocycles. The third-order valence-corrected chi connectivity index (χ3v) is 4.56. The Labute approximate surface area is 123 Å². The lowest BCUT2D eigenvalue weighted by Gasteiger charge is -2.35. The zero-order chi connectivity index (χ0) is 14.5. The van der Waals surface area contributed by atoms with Crippen molar-refractivity contribution in [3.05, 3.63) is 29.8 Å². The van der Waals surface area contributed by atoms with Gasteiger partial charge >= 0.3 is 0 Å². The average Bonchev–Trinajstić information content (AvgIpc) is 2.47. The van der Waals surface area contributed by atoms with Crippen LogP contribution in [0.15, 0.2) is 24.3 Å². The van der Waals surface area contributed by atoms with Crippen molar-refractivity contribution in [1.29, 1.82) is 0 Å². The highest BCUT2D eigenvalue weighted by molar-refractivity contribution is 5.29. The Morgan fingerprint density at radius 3 is 2.60 bits per heavy atom. The first-order chi connectivity index (χ1) is 9.60. The highest BCUT2D eigenvalue weighted by Crippen LogP contribution is 2.27. The van der Waals surface area contributed by atoms with E-state index in [1.807, 2.05) is 12.1 Å². The fraction of sp³-hybridized carbons (Fsp3) is 0.647. The number of methoxy groups -OCH3 is 1. The van der Waals surface area contributed by atoms with Crippen LogP contribution in [0.4, 0.5) is 0 Å². The van der Waals surface area contributed by atoms with Crippen molar-refractivity contribution in [2.24, 2.45) is 11.7 Å². The largest absolute Gasteiger partial charge is 0.497 e. The molecule has 2 N–H and O–H groups in total. The monoisotopic (exact) mass is 276 g/mol. The molecule has 20 heavy (non-hydrogen) atoms. The summed E-state index contributed by atoms with van der Waals surface area (Å²) in [5.74, 6) is 1.74. The first kappa shape index (κ1) is 15.3. The first-order valence-electron chi connectivity index (χ1n) is 7.70. The van der Waals surface area contributed by atoms with Gasteiger partial charge in [0.1, 0.15) is 5.75 Å². The molecule has 1 aliphatic rings. The minimum atomic E-state index is 0.0724. The van der Waals surface area contributed by atoms with E-state index in [9.17, 15) is 0 Å². The fourth-order valence-electron chi connectivity index (χ4n) is 3.22. The number of benzene rings is 1. The first-order valence-corrected chi connectivity index (χ1v) is 7.70. The zero-order valence-electron chi connectivity index (χ0n) is 13.0. The highest BCUT2D eigenvalue weighted by Gasteiger charge is 2.23. The molecule has 0 saturated heterocycles. The smallest absolute Gasteiger partial charge is 0.118 e. The lowest BCUT2D eigenvalue weighted by molar-refractivity contribution is 0.157. The second-order valence-electron chi connectivity index (χ2n) is 6.24.